The van der Waals surface area contributed by atoms with Crippen LogP contribution in [0.2, 0.25) is 18.6 Å². The van der Waals surface area contributed by atoms with Crippen LogP contribution in [0.4, 0.5) is 0 Å². The third kappa shape index (κ3) is 4.19. The van der Waals surface area contributed by atoms with Crippen LogP contribution < -0.4 is 5.19 Å². The summed E-state index contributed by atoms with van der Waals surface area (Å²) >= 11 is 0. The fraction of sp³-hybridized carbons (Fsp3) is 0.333. The Morgan fingerprint density at radius 3 is 1.34 bits per heavy atom. The molecule has 150 valence electrons. The maximum absolute atomic E-state index is 2.52. The van der Waals surface area contributed by atoms with E-state index in [9.17, 15) is 0 Å². The average Bonchev–Trinajstić information content (AvgIpc) is 3.33. The van der Waals surface area contributed by atoms with Gasteiger partial charge in [0.2, 0.25) is 0 Å². The standard InChI is InChI=1S/C15H16Si.C12H18Si/c1-16(15-9-3-2-4-10-15)11-13-7-5-6-8-14(13)12-16;1-3-13(4-2)9-11-7-5-6-8-12(11)10-13/h2-10H,11-12H2,1H3;5-8H,3-4,9-10H2,1-2H3. The molecule has 0 aromatic heterocycles. The highest BCUT2D eigenvalue weighted by Gasteiger charge is 2.36. The number of fused-ring (bicyclic) bond motifs is 2. The van der Waals surface area contributed by atoms with Gasteiger partial charge in [0, 0.05) is 0 Å². The average molecular weight is 415 g/mol. The molecule has 0 fully saturated rings. The highest BCUT2D eigenvalue weighted by atomic mass is 28.3. The molecule has 0 spiro atoms. The molecule has 0 saturated heterocycles. The third-order valence-electron chi connectivity index (χ3n) is 7.50. The molecule has 0 N–H and O–H groups in total. The van der Waals surface area contributed by atoms with Crippen molar-refractivity contribution in [3.8, 4) is 0 Å². The van der Waals surface area contributed by atoms with Crippen molar-refractivity contribution in [2.75, 3.05) is 0 Å². The van der Waals surface area contributed by atoms with Crippen LogP contribution in [0.15, 0.2) is 78.9 Å². The second-order valence-corrected chi connectivity index (χ2v) is 18.9. The van der Waals surface area contributed by atoms with Crippen LogP contribution in [0.25, 0.3) is 0 Å². The van der Waals surface area contributed by atoms with Crippen LogP contribution in [0, 0.1) is 0 Å². The number of hydrogen-bond acceptors (Lipinski definition) is 0. The summed E-state index contributed by atoms with van der Waals surface area (Å²) in [6.45, 7) is 7.30. The van der Waals surface area contributed by atoms with Gasteiger partial charge in [0.15, 0.2) is 0 Å². The zero-order chi connectivity index (χ0) is 20.3. The predicted molar refractivity (Wildman–Crippen MR) is 132 cm³/mol. The van der Waals surface area contributed by atoms with Crippen LogP contribution in [-0.4, -0.2) is 16.1 Å². The molecule has 0 amide bonds. The van der Waals surface area contributed by atoms with Crippen molar-refractivity contribution in [3.05, 3.63) is 101 Å². The van der Waals surface area contributed by atoms with Crippen molar-refractivity contribution in [1.29, 1.82) is 0 Å². The monoisotopic (exact) mass is 414 g/mol. The van der Waals surface area contributed by atoms with Gasteiger partial charge in [0.25, 0.3) is 0 Å². The summed E-state index contributed by atoms with van der Waals surface area (Å²) in [5.41, 5.74) is 6.47. The molecule has 2 aliphatic rings. The molecule has 3 aromatic carbocycles. The summed E-state index contributed by atoms with van der Waals surface area (Å²) in [4.78, 5) is 0. The quantitative estimate of drug-likeness (QED) is 0.447. The Bertz CT molecular complexity index is 905. The van der Waals surface area contributed by atoms with Gasteiger partial charge >= 0.3 is 0 Å². The van der Waals surface area contributed by atoms with E-state index in [1.54, 1.807) is 27.4 Å². The maximum Gasteiger partial charge on any atom is 0.0922 e. The lowest BCUT2D eigenvalue weighted by Crippen LogP contribution is -2.46. The summed E-state index contributed by atoms with van der Waals surface area (Å²) in [7, 11) is -2.15. The first-order chi connectivity index (χ1) is 14.1. The molecule has 0 aliphatic carbocycles. The molecule has 0 saturated carbocycles. The largest absolute Gasteiger partial charge is 0.0922 e. The maximum atomic E-state index is 2.52. The fourth-order valence-electron chi connectivity index (χ4n) is 5.37. The minimum absolute atomic E-state index is 0.885. The van der Waals surface area contributed by atoms with Gasteiger partial charge in [-0.05, 0) is 46.4 Å². The summed E-state index contributed by atoms with van der Waals surface area (Å²) in [6.07, 6.45) is 0. The number of rotatable bonds is 3. The second kappa shape index (κ2) is 8.45. The van der Waals surface area contributed by atoms with E-state index in [0.29, 0.717) is 0 Å². The Kier molecular flexibility index (Phi) is 5.94. The highest BCUT2D eigenvalue weighted by Crippen LogP contribution is 2.33. The molecule has 2 aliphatic heterocycles. The van der Waals surface area contributed by atoms with Gasteiger partial charge in [-0.1, -0.05) is 117 Å². The molecule has 0 atom stereocenters. The molecule has 0 radical (unpaired) electrons. The highest BCUT2D eigenvalue weighted by molar-refractivity contribution is 6.90. The Balaban J connectivity index is 0.000000145. The Hall–Kier alpha value is -1.91. The molecule has 2 heteroatoms. The van der Waals surface area contributed by atoms with Crippen LogP contribution in [0.5, 0.6) is 0 Å². The lowest BCUT2D eigenvalue weighted by Gasteiger charge is -2.22. The Morgan fingerprint density at radius 1 is 0.552 bits per heavy atom. The van der Waals surface area contributed by atoms with Gasteiger partial charge in [0.1, 0.15) is 0 Å². The number of benzene rings is 3. The van der Waals surface area contributed by atoms with Crippen LogP contribution in [0.1, 0.15) is 36.1 Å². The molecule has 2 heterocycles. The fourth-order valence-corrected chi connectivity index (χ4v) is 13.2. The summed E-state index contributed by atoms with van der Waals surface area (Å²) < 4.78 is 0. The topological polar surface area (TPSA) is 0 Å². The molecule has 0 unspecified atom stereocenters. The van der Waals surface area contributed by atoms with E-state index in [4.69, 9.17) is 0 Å². The van der Waals surface area contributed by atoms with Crippen molar-refractivity contribution in [2.24, 2.45) is 0 Å². The van der Waals surface area contributed by atoms with Gasteiger partial charge in [-0.2, -0.15) is 0 Å². The molecule has 0 bridgehead atoms. The van der Waals surface area contributed by atoms with Crippen molar-refractivity contribution in [2.45, 2.75) is 56.7 Å². The first kappa shape index (κ1) is 20.4. The van der Waals surface area contributed by atoms with Crippen molar-refractivity contribution in [1.82, 2.24) is 0 Å². The molecular weight excluding hydrogens is 380 g/mol. The number of hydrogen-bond donors (Lipinski definition) is 0. The van der Waals surface area contributed by atoms with E-state index in [-0.39, 0.29) is 0 Å². The van der Waals surface area contributed by atoms with Crippen molar-refractivity contribution < 1.29 is 0 Å². The minimum Gasteiger partial charge on any atom is -0.0677 e. The van der Waals surface area contributed by atoms with E-state index in [0.717, 1.165) is 0 Å². The zero-order valence-corrected chi connectivity index (χ0v) is 20.2. The third-order valence-corrected chi connectivity index (χ3v) is 16.8. The first-order valence-corrected chi connectivity index (χ1v) is 17.0. The van der Waals surface area contributed by atoms with Crippen LogP contribution in [-0.2, 0) is 24.2 Å². The zero-order valence-electron chi connectivity index (χ0n) is 18.2. The normalized spacial score (nSPS) is 17.8. The van der Waals surface area contributed by atoms with Gasteiger partial charge in [-0.15, -0.1) is 0 Å². The van der Waals surface area contributed by atoms with E-state index in [1.165, 1.54) is 36.3 Å². The smallest absolute Gasteiger partial charge is 0.0677 e. The molecule has 29 heavy (non-hydrogen) atoms. The summed E-state index contributed by atoms with van der Waals surface area (Å²) in [5, 5.41) is 1.60. The van der Waals surface area contributed by atoms with Gasteiger partial charge < -0.3 is 0 Å². The van der Waals surface area contributed by atoms with E-state index in [2.05, 4.69) is 99.3 Å². The van der Waals surface area contributed by atoms with Crippen molar-refractivity contribution >= 4 is 21.3 Å². The lowest BCUT2D eigenvalue weighted by molar-refractivity contribution is 1.16. The predicted octanol–water partition coefficient (Wildman–Crippen LogP) is 6.20. The molecule has 3 aromatic rings. The van der Waals surface area contributed by atoms with Gasteiger partial charge in [-0.25, -0.2) is 0 Å². The van der Waals surface area contributed by atoms with E-state index in [1.807, 2.05) is 0 Å². The summed E-state index contributed by atoms with van der Waals surface area (Å²) in [6, 6.07) is 37.5. The SMILES string of the molecule is CC[Si]1(CC)Cc2ccccc2C1.C[Si]1(c2ccccc2)Cc2ccccc2C1. The summed E-state index contributed by atoms with van der Waals surface area (Å²) in [5.74, 6) is 0. The lowest BCUT2D eigenvalue weighted by atomic mass is 10.1. The Labute approximate surface area is 179 Å². The van der Waals surface area contributed by atoms with E-state index >= 15 is 0 Å². The Morgan fingerprint density at radius 2 is 0.931 bits per heavy atom. The molecule has 0 nitrogen and oxygen atoms in total. The molecular formula is C27H34Si2. The van der Waals surface area contributed by atoms with Gasteiger partial charge in [-0.3, -0.25) is 0 Å². The van der Waals surface area contributed by atoms with E-state index < -0.39 is 16.1 Å². The minimum atomic E-state index is -1.27. The van der Waals surface area contributed by atoms with Crippen LogP contribution >= 0.6 is 0 Å². The second-order valence-electron chi connectivity index (χ2n) is 9.38. The van der Waals surface area contributed by atoms with Crippen molar-refractivity contribution in [3.63, 3.8) is 0 Å². The molecule has 5 rings (SSSR count). The first-order valence-electron chi connectivity index (χ1n) is 11.3. The van der Waals surface area contributed by atoms with Gasteiger partial charge in [0.05, 0.1) is 16.1 Å². The van der Waals surface area contributed by atoms with Crippen LogP contribution in [0.3, 0.4) is 0 Å².